The van der Waals surface area contributed by atoms with Crippen LogP contribution in [0.3, 0.4) is 0 Å². The third-order valence-electron chi connectivity index (χ3n) is 2.40. The first-order valence-electron chi connectivity index (χ1n) is 6.41. The molecule has 1 aromatic rings. The van der Waals surface area contributed by atoms with Crippen molar-refractivity contribution in [1.29, 1.82) is 0 Å². The van der Waals surface area contributed by atoms with E-state index < -0.39 is 24.5 Å². The first-order chi connectivity index (χ1) is 10.0. The fourth-order valence-electron chi connectivity index (χ4n) is 1.35. The fraction of sp³-hybridized carbons (Fsp3) is 0.385. The molecule has 0 saturated carbocycles. The normalized spacial score (nSPS) is 9.76. The van der Waals surface area contributed by atoms with Gasteiger partial charge in [0.25, 0.3) is 5.91 Å². The number of pyridine rings is 1. The summed E-state index contributed by atoms with van der Waals surface area (Å²) in [5.74, 6) is -1.64. The van der Waals surface area contributed by atoms with Crippen molar-refractivity contribution in [3.05, 3.63) is 24.0 Å². The number of rotatable bonds is 7. The Labute approximate surface area is 121 Å². The molecule has 21 heavy (non-hydrogen) atoms. The lowest BCUT2D eigenvalue weighted by atomic mass is 10.3. The second-order valence-electron chi connectivity index (χ2n) is 4.16. The topological polar surface area (TPSA) is 118 Å². The third kappa shape index (κ3) is 6.37. The van der Waals surface area contributed by atoms with Crippen LogP contribution in [0.5, 0.6) is 5.75 Å². The predicted molar refractivity (Wildman–Crippen MR) is 73.1 cm³/mol. The molecule has 0 spiro atoms. The number of nitrogens with one attached hydrogen (secondary N) is 2. The van der Waals surface area contributed by atoms with E-state index in [0.29, 0.717) is 6.54 Å². The molecule has 0 aliphatic heterocycles. The minimum atomic E-state index is -1.15. The highest BCUT2D eigenvalue weighted by molar-refractivity contribution is 5.95. The number of carboxylic acid groups (broad SMARTS) is 1. The highest BCUT2D eigenvalue weighted by Gasteiger charge is 2.09. The molecule has 8 nitrogen and oxygen atoms in total. The number of nitrogens with zero attached hydrogens (tertiary/aromatic N) is 1. The lowest BCUT2D eigenvalue weighted by Gasteiger charge is -2.08. The molecule has 114 valence electrons. The number of aromatic carboxylic acids is 1. The molecule has 1 rings (SSSR count). The molecule has 0 fully saturated rings. The van der Waals surface area contributed by atoms with Crippen LogP contribution in [0.2, 0.25) is 0 Å². The van der Waals surface area contributed by atoms with Crippen molar-refractivity contribution in [2.24, 2.45) is 0 Å². The van der Waals surface area contributed by atoms with Crippen molar-refractivity contribution in [2.75, 3.05) is 13.2 Å². The highest BCUT2D eigenvalue weighted by atomic mass is 16.5. The van der Waals surface area contributed by atoms with E-state index in [1.807, 2.05) is 6.92 Å². The number of carbonyl (C=O) groups excluding carboxylic acids is 2. The summed E-state index contributed by atoms with van der Waals surface area (Å²) >= 11 is 0. The van der Waals surface area contributed by atoms with Crippen LogP contribution in [0.4, 0.5) is 4.79 Å². The summed E-state index contributed by atoms with van der Waals surface area (Å²) in [5, 5.41) is 13.4. The standard InChI is InChI=1S/C13H17N3O5/c1-2-3-4-15-13(20)16-11(17)8-21-10-5-9(12(18)19)6-14-7-10/h5-7H,2-4,8H2,1H3,(H,18,19)(H2,15,16,17,20). The fourth-order valence-corrected chi connectivity index (χ4v) is 1.35. The third-order valence-corrected chi connectivity index (χ3v) is 2.40. The Hall–Kier alpha value is -2.64. The van der Waals surface area contributed by atoms with Crippen LogP contribution in [0.15, 0.2) is 18.5 Å². The molecule has 0 radical (unpaired) electrons. The number of hydrogen-bond acceptors (Lipinski definition) is 5. The summed E-state index contributed by atoms with van der Waals surface area (Å²) in [6.07, 6.45) is 4.20. The molecule has 0 aromatic carbocycles. The molecule has 8 heteroatoms. The number of imide groups is 1. The maximum absolute atomic E-state index is 11.4. The van der Waals surface area contributed by atoms with Gasteiger partial charge in [-0.15, -0.1) is 0 Å². The Morgan fingerprint density at radius 2 is 2.10 bits per heavy atom. The lowest BCUT2D eigenvalue weighted by molar-refractivity contribution is -0.122. The van der Waals surface area contributed by atoms with Crippen molar-refractivity contribution in [2.45, 2.75) is 19.8 Å². The molecule has 3 amide bonds. The van der Waals surface area contributed by atoms with Crippen LogP contribution in [0, 0.1) is 0 Å². The molecule has 0 aliphatic carbocycles. The summed E-state index contributed by atoms with van der Waals surface area (Å²) in [5.41, 5.74) is -0.0507. The Kier molecular flexibility index (Phi) is 6.66. The SMILES string of the molecule is CCCCNC(=O)NC(=O)COc1cncc(C(=O)O)c1. The average Bonchev–Trinajstić information content (AvgIpc) is 2.45. The number of amides is 3. The van der Waals surface area contributed by atoms with Gasteiger partial charge in [0.1, 0.15) is 5.75 Å². The number of carbonyl (C=O) groups is 3. The van der Waals surface area contributed by atoms with E-state index in [9.17, 15) is 14.4 Å². The van der Waals surface area contributed by atoms with Crippen molar-refractivity contribution < 1.29 is 24.2 Å². The average molecular weight is 295 g/mol. The van der Waals surface area contributed by atoms with Gasteiger partial charge in [-0.3, -0.25) is 15.1 Å². The van der Waals surface area contributed by atoms with Gasteiger partial charge in [0.05, 0.1) is 11.8 Å². The number of hydrogen-bond donors (Lipinski definition) is 3. The number of urea groups is 1. The second kappa shape index (κ2) is 8.51. The maximum atomic E-state index is 11.4. The Bertz CT molecular complexity index is 518. The summed E-state index contributed by atoms with van der Waals surface area (Å²) in [4.78, 5) is 37.2. The zero-order valence-corrected chi connectivity index (χ0v) is 11.6. The van der Waals surface area contributed by atoms with E-state index in [1.54, 1.807) is 0 Å². The van der Waals surface area contributed by atoms with E-state index in [0.717, 1.165) is 19.0 Å². The van der Waals surface area contributed by atoms with Crippen LogP contribution in [0.25, 0.3) is 0 Å². The molecule has 0 atom stereocenters. The summed E-state index contributed by atoms with van der Waals surface area (Å²) in [6, 6.07) is 0.652. The monoisotopic (exact) mass is 295 g/mol. The molecule has 0 saturated heterocycles. The maximum Gasteiger partial charge on any atom is 0.337 e. The van der Waals surface area contributed by atoms with Crippen LogP contribution >= 0.6 is 0 Å². The van der Waals surface area contributed by atoms with Crippen molar-refractivity contribution in [1.82, 2.24) is 15.6 Å². The minimum absolute atomic E-state index is 0.0507. The zero-order chi connectivity index (χ0) is 15.7. The van der Waals surface area contributed by atoms with Crippen LogP contribution < -0.4 is 15.4 Å². The second-order valence-corrected chi connectivity index (χ2v) is 4.16. The van der Waals surface area contributed by atoms with Crippen molar-refractivity contribution in [3.8, 4) is 5.75 Å². The van der Waals surface area contributed by atoms with Crippen molar-refractivity contribution in [3.63, 3.8) is 0 Å². The van der Waals surface area contributed by atoms with Crippen LogP contribution in [-0.4, -0.2) is 41.1 Å². The summed E-state index contributed by atoms with van der Waals surface area (Å²) < 4.78 is 5.07. The van der Waals surface area contributed by atoms with Crippen molar-refractivity contribution >= 4 is 17.9 Å². The first kappa shape index (κ1) is 16.4. The smallest absolute Gasteiger partial charge is 0.337 e. The quantitative estimate of drug-likeness (QED) is 0.640. The van der Waals surface area contributed by atoms with Gasteiger partial charge in [-0.1, -0.05) is 13.3 Å². The first-order valence-corrected chi connectivity index (χ1v) is 6.41. The minimum Gasteiger partial charge on any atom is -0.482 e. The van der Waals surface area contributed by atoms with Gasteiger partial charge in [-0.25, -0.2) is 9.59 Å². The van der Waals surface area contributed by atoms with E-state index in [2.05, 4.69) is 15.6 Å². The van der Waals surface area contributed by atoms with E-state index >= 15 is 0 Å². The predicted octanol–water partition coefficient (Wildman–Crippen LogP) is 0.784. The largest absolute Gasteiger partial charge is 0.482 e. The molecule has 1 aromatic heterocycles. The van der Waals surface area contributed by atoms with Gasteiger partial charge in [-0.2, -0.15) is 0 Å². The summed E-state index contributed by atoms with van der Waals surface area (Å²) in [7, 11) is 0. The zero-order valence-electron chi connectivity index (χ0n) is 11.6. The number of unbranched alkanes of at least 4 members (excludes halogenated alkanes) is 1. The number of carboxylic acids is 1. The molecule has 0 aliphatic rings. The van der Waals surface area contributed by atoms with Crippen LogP contribution in [0.1, 0.15) is 30.1 Å². The van der Waals surface area contributed by atoms with E-state index in [1.165, 1.54) is 12.3 Å². The molecule has 0 unspecified atom stereocenters. The van der Waals surface area contributed by atoms with Crippen LogP contribution in [-0.2, 0) is 4.79 Å². The van der Waals surface area contributed by atoms with Gasteiger partial charge < -0.3 is 15.2 Å². The molecule has 3 N–H and O–H groups in total. The highest BCUT2D eigenvalue weighted by Crippen LogP contribution is 2.10. The number of aromatic nitrogens is 1. The van der Waals surface area contributed by atoms with Gasteiger partial charge in [-0.05, 0) is 12.5 Å². The van der Waals surface area contributed by atoms with Gasteiger partial charge in [0.15, 0.2) is 6.61 Å². The Balaban J connectivity index is 2.37. The van der Waals surface area contributed by atoms with Gasteiger partial charge >= 0.3 is 12.0 Å². The van der Waals surface area contributed by atoms with E-state index in [4.69, 9.17) is 9.84 Å². The molecular weight excluding hydrogens is 278 g/mol. The molecular formula is C13H17N3O5. The van der Waals surface area contributed by atoms with Gasteiger partial charge in [0, 0.05) is 12.7 Å². The van der Waals surface area contributed by atoms with E-state index in [-0.39, 0.29) is 11.3 Å². The Morgan fingerprint density at radius 1 is 1.33 bits per heavy atom. The Morgan fingerprint density at radius 3 is 2.76 bits per heavy atom. The van der Waals surface area contributed by atoms with Gasteiger partial charge in [0.2, 0.25) is 0 Å². The molecule has 0 bridgehead atoms. The lowest BCUT2D eigenvalue weighted by Crippen LogP contribution is -2.41. The number of ether oxygens (including phenoxy) is 1. The summed E-state index contributed by atoms with van der Waals surface area (Å²) in [6.45, 7) is 2.06. The molecule has 1 heterocycles.